The summed E-state index contributed by atoms with van der Waals surface area (Å²) in [7, 11) is -3.65. The molecule has 7 heteroatoms. The fourth-order valence-corrected chi connectivity index (χ4v) is 3.97. The lowest BCUT2D eigenvalue weighted by atomic mass is 10.2. The average molecular weight is 353 g/mol. The zero-order chi connectivity index (χ0) is 16.7. The molecule has 1 N–H and O–H groups in total. The van der Waals surface area contributed by atoms with Crippen molar-refractivity contribution in [3.63, 3.8) is 0 Å². The molecular weight excluding hydrogens is 336 g/mol. The highest BCUT2D eigenvalue weighted by Crippen LogP contribution is 2.27. The van der Waals surface area contributed by atoms with Crippen molar-refractivity contribution in [1.82, 2.24) is 10.3 Å². The second-order valence-electron chi connectivity index (χ2n) is 4.88. The fourth-order valence-electron chi connectivity index (χ4n) is 2.13. The Morgan fingerprint density at radius 2 is 1.91 bits per heavy atom. The summed E-state index contributed by atoms with van der Waals surface area (Å²) in [6, 6.07) is 11.5. The second kappa shape index (κ2) is 8.08. The Balaban J connectivity index is 2.32. The van der Waals surface area contributed by atoms with E-state index in [4.69, 9.17) is 11.6 Å². The van der Waals surface area contributed by atoms with Gasteiger partial charge in [-0.15, -0.1) is 11.6 Å². The molecule has 0 saturated carbocycles. The molecule has 23 heavy (non-hydrogen) atoms. The number of carbonyl (C=O) groups is 1. The molecule has 5 nitrogen and oxygen atoms in total. The van der Waals surface area contributed by atoms with Gasteiger partial charge >= 0.3 is 0 Å². The summed E-state index contributed by atoms with van der Waals surface area (Å²) >= 11 is 5.53. The van der Waals surface area contributed by atoms with Crippen molar-refractivity contribution in [1.29, 1.82) is 0 Å². The minimum Gasteiger partial charge on any atom is -0.354 e. The van der Waals surface area contributed by atoms with E-state index in [-0.39, 0.29) is 29.6 Å². The highest BCUT2D eigenvalue weighted by atomic mass is 35.5. The van der Waals surface area contributed by atoms with Gasteiger partial charge in [0.05, 0.1) is 4.90 Å². The molecule has 0 aliphatic heterocycles. The summed E-state index contributed by atoms with van der Waals surface area (Å²) in [5, 5.41) is 1.72. The summed E-state index contributed by atoms with van der Waals surface area (Å²) in [5.41, 5.74) is 0.530. The molecule has 0 spiro atoms. The van der Waals surface area contributed by atoms with E-state index in [1.54, 1.807) is 48.7 Å². The van der Waals surface area contributed by atoms with Gasteiger partial charge in [0.2, 0.25) is 5.91 Å². The minimum atomic E-state index is -3.65. The predicted octanol–water partition coefficient (Wildman–Crippen LogP) is 2.34. The number of rotatable bonds is 7. The van der Waals surface area contributed by atoms with Crippen LogP contribution in [0, 0.1) is 0 Å². The van der Waals surface area contributed by atoms with Crippen LogP contribution in [0.5, 0.6) is 0 Å². The van der Waals surface area contributed by atoms with Crippen molar-refractivity contribution in [3.8, 4) is 0 Å². The van der Waals surface area contributed by atoms with Gasteiger partial charge in [0.25, 0.3) is 0 Å². The number of nitrogens with one attached hydrogen (secondary N) is 1. The normalized spacial score (nSPS) is 12.6. The fraction of sp³-hybridized carbons (Fsp3) is 0.250. The lowest BCUT2D eigenvalue weighted by Gasteiger charge is -2.18. The molecule has 0 fully saturated rings. The molecule has 1 atom stereocenters. The van der Waals surface area contributed by atoms with Gasteiger partial charge in [0, 0.05) is 31.2 Å². The third kappa shape index (κ3) is 4.53. The van der Waals surface area contributed by atoms with Crippen LogP contribution in [0.4, 0.5) is 0 Å². The standard InChI is InChI=1S/C16H17ClN2O3S/c17-9-8-16(20)19-12-15(13-5-4-10-18-11-13)23(21,22)14-6-2-1-3-7-14/h1-7,10-11,15H,8-9,12H2,(H,19,20). The summed E-state index contributed by atoms with van der Waals surface area (Å²) in [5.74, 6) is -0.0911. The van der Waals surface area contributed by atoms with Gasteiger partial charge < -0.3 is 5.32 Å². The molecule has 0 saturated heterocycles. The number of halogens is 1. The van der Waals surface area contributed by atoms with Crippen LogP contribution in [0.2, 0.25) is 0 Å². The number of sulfone groups is 1. The zero-order valence-corrected chi connectivity index (χ0v) is 13.9. The maximum atomic E-state index is 12.9. The van der Waals surface area contributed by atoms with E-state index in [1.165, 1.54) is 6.20 Å². The molecule has 1 amide bonds. The summed E-state index contributed by atoms with van der Waals surface area (Å²) in [6.07, 6.45) is 3.22. The number of carbonyl (C=O) groups excluding carboxylic acids is 1. The van der Waals surface area contributed by atoms with E-state index in [1.807, 2.05) is 0 Å². The van der Waals surface area contributed by atoms with Crippen molar-refractivity contribution in [3.05, 3.63) is 60.4 Å². The minimum absolute atomic E-state index is 0.0291. The first-order valence-electron chi connectivity index (χ1n) is 7.07. The quantitative estimate of drug-likeness (QED) is 0.776. The van der Waals surface area contributed by atoms with Crippen LogP contribution in [0.25, 0.3) is 0 Å². The SMILES string of the molecule is O=C(CCCl)NCC(c1cccnc1)S(=O)(=O)c1ccccc1. The number of alkyl halides is 1. The molecule has 1 aromatic heterocycles. The van der Waals surface area contributed by atoms with Gasteiger partial charge in [-0.05, 0) is 23.8 Å². The number of benzene rings is 1. The number of hydrogen-bond donors (Lipinski definition) is 1. The van der Waals surface area contributed by atoms with E-state index >= 15 is 0 Å². The number of pyridine rings is 1. The molecule has 2 rings (SSSR count). The van der Waals surface area contributed by atoms with Gasteiger partial charge in [-0.2, -0.15) is 0 Å². The van der Waals surface area contributed by atoms with Crippen LogP contribution in [0.3, 0.4) is 0 Å². The van der Waals surface area contributed by atoms with E-state index < -0.39 is 15.1 Å². The smallest absolute Gasteiger partial charge is 0.221 e. The number of nitrogens with zero attached hydrogens (tertiary/aromatic N) is 1. The molecule has 1 unspecified atom stereocenters. The lowest BCUT2D eigenvalue weighted by Crippen LogP contribution is -2.32. The first kappa shape index (κ1) is 17.4. The van der Waals surface area contributed by atoms with E-state index in [9.17, 15) is 13.2 Å². The van der Waals surface area contributed by atoms with E-state index in [2.05, 4.69) is 10.3 Å². The first-order valence-corrected chi connectivity index (χ1v) is 9.15. The summed E-state index contributed by atoms with van der Waals surface area (Å²) in [6.45, 7) is -0.0291. The molecule has 0 aliphatic rings. The van der Waals surface area contributed by atoms with Crippen molar-refractivity contribution in [2.75, 3.05) is 12.4 Å². The van der Waals surface area contributed by atoms with Crippen molar-refractivity contribution in [2.45, 2.75) is 16.6 Å². The van der Waals surface area contributed by atoms with Crippen LogP contribution < -0.4 is 5.32 Å². The maximum absolute atomic E-state index is 12.9. The second-order valence-corrected chi connectivity index (χ2v) is 7.38. The van der Waals surface area contributed by atoms with Crippen LogP contribution in [0.15, 0.2) is 59.8 Å². The molecule has 1 aromatic carbocycles. The Morgan fingerprint density at radius 3 is 2.52 bits per heavy atom. The molecule has 0 bridgehead atoms. The van der Waals surface area contributed by atoms with Crippen LogP contribution in [-0.2, 0) is 14.6 Å². The number of hydrogen-bond acceptors (Lipinski definition) is 4. The van der Waals surface area contributed by atoms with Gasteiger partial charge in [-0.1, -0.05) is 24.3 Å². The highest BCUT2D eigenvalue weighted by Gasteiger charge is 2.29. The Morgan fingerprint density at radius 1 is 1.17 bits per heavy atom. The Kier molecular flexibility index (Phi) is 6.12. The average Bonchev–Trinajstić information content (AvgIpc) is 2.57. The third-order valence-corrected chi connectivity index (χ3v) is 5.61. The number of amides is 1. The monoisotopic (exact) mass is 352 g/mol. The summed E-state index contributed by atoms with van der Waals surface area (Å²) < 4.78 is 25.8. The molecular formula is C16H17ClN2O3S. The third-order valence-electron chi connectivity index (χ3n) is 3.31. The molecule has 0 radical (unpaired) electrons. The van der Waals surface area contributed by atoms with Gasteiger partial charge in [-0.3, -0.25) is 9.78 Å². The van der Waals surface area contributed by atoms with E-state index in [0.717, 1.165) is 0 Å². The predicted molar refractivity (Wildman–Crippen MR) is 89.0 cm³/mol. The summed E-state index contributed by atoms with van der Waals surface area (Å²) in [4.78, 5) is 15.8. The van der Waals surface area contributed by atoms with Gasteiger partial charge in [0.1, 0.15) is 5.25 Å². The molecule has 2 aromatic rings. The Labute approximate surface area is 140 Å². The Hall–Kier alpha value is -1.92. The van der Waals surface area contributed by atoms with Crippen LogP contribution >= 0.6 is 11.6 Å². The lowest BCUT2D eigenvalue weighted by molar-refractivity contribution is -0.120. The molecule has 0 aliphatic carbocycles. The molecule has 1 heterocycles. The van der Waals surface area contributed by atoms with Crippen LogP contribution in [0.1, 0.15) is 17.2 Å². The van der Waals surface area contributed by atoms with Gasteiger partial charge in [0.15, 0.2) is 9.84 Å². The Bertz CT molecular complexity index is 736. The van der Waals surface area contributed by atoms with Crippen LogP contribution in [-0.4, -0.2) is 31.7 Å². The van der Waals surface area contributed by atoms with Crippen molar-refractivity contribution >= 4 is 27.3 Å². The maximum Gasteiger partial charge on any atom is 0.221 e. The van der Waals surface area contributed by atoms with Crippen molar-refractivity contribution < 1.29 is 13.2 Å². The zero-order valence-electron chi connectivity index (χ0n) is 12.4. The highest BCUT2D eigenvalue weighted by molar-refractivity contribution is 7.91. The topological polar surface area (TPSA) is 76.1 Å². The molecule has 122 valence electrons. The first-order chi connectivity index (χ1) is 11.1. The van der Waals surface area contributed by atoms with E-state index in [0.29, 0.717) is 5.56 Å². The van der Waals surface area contributed by atoms with Gasteiger partial charge in [-0.25, -0.2) is 8.42 Å². The number of aromatic nitrogens is 1. The largest absolute Gasteiger partial charge is 0.354 e. The van der Waals surface area contributed by atoms with Crippen molar-refractivity contribution in [2.24, 2.45) is 0 Å².